The maximum absolute atomic E-state index is 3.50. The van der Waals surface area contributed by atoms with Gasteiger partial charge in [-0.05, 0) is 38.0 Å². The molecular weight excluding hydrogens is 188 g/mol. The Morgan fingerprint density at radius 3 is 2.80 bits per heavy atom. The third kappa shape index (κ3) is 1.05. The van der Waals surface area contributed by atoms with Crippen LogP contribution >= 0.6 is 15.9 Å². The molecule has 1 atom stereocenters. The summed E-state index contributed by atoms with van der Waals surface area (Å²) in [6.07, 6.45) is 7.10. The topological polar surface area (TPSA) is 0 Å². The van der Waals surface area contributed by atoms with Gasteiger partial charge in [0, 0.05) is 5.33 Å². The van der Waals surface area contributed by atoms with E-state index in [9.17, 15) is 0 Å². The molecule has 0 aromatic rings. The van der Waals surface area contributed by atoms with E-state index in [-0.39, 0.29) is 0 Å². The second-order valence-corrected chi connectivity index (χ2v) is 4.25. The Bertz CT molecular complexity index is 170. The lowest BCUT2D eigenvalue weighted by atomic mass is 9.98. The van der Waals surface area contributed by atoms with Crippen molar-refractivity contribution in [1.29, 1.82) is 0 Å². The van der Waals surface area contributed by atoms with Crippen LogP contribution in [0.5, 0.6) is 0 Å². The van der Waals surface area contributed by atoms with E-state index in [1.165, 1.54) is 37.4 Å². The molecule has 2 aliphatic carbocycles. The molecule has 1 unspecified atom stereocenters. The van der Waals surface area contributed by atoms with Gasteiger partial charge in [0.15, 0.2) is 0 Å². The highest BCUT2D eigenvalue weighted by Crippen LogP contribution is 2.45. The fourth-order valence-electron chi connectivity index (χ4n) is 2.31. The minimum absolute atomic E-state index is 1.06. The molecule has 56 valence electrons. The van der Waals surface area contributed by atoms with Gasteiger partial charge in [-0.3, -0.25) is 0 Å². The van der Waals surface area contributed by atoms with Gasteiger partial charge in [-0.25, -0.2) is 0 Å². The van der Waals surface area contributed by atoms with Crippen LogP contribution in [0, 0.1) is 5.92 Å². The molecule has 2 bridgehead atoms. The first-order valence-electron chi connectivity index (χ1n) is 4.16. The lowest BCUT2D eigenvalue weighted by Crippen LogP contribution is -1.94. The summed E-state index contributed by atoms with van der Waals surface area (Å²) in [5, 5.41) is 1.17. The van der Waals surface area contributed by atoms with Crippen LogP contribution in [0.1, 0.15) is 32.1 Å². The van der Waals surface area contributed by atoms with Gasteiger partial charge < -0.3 is 0 Å². The number of alkyl halides is 1. The monoisotopic (exact) mass is 200 g/mol. The van der Waals surface area contributed by atoms with E-state index < -0.39 is 0 Å². The first-order valence-corrected chi connectivity index (χ1v) is 5.28. The van der Waals surface area contributed by atoms with Crippen molar-refractivity contribution in [3.05, 3.63) is 11.1 Å². The largest absolute Gasteiger partial charge is 0.0925 e. The molecule has 2 aliphatic rings. The van der Waals surface area contributed by atoms with Crippen molar-refractivity contribution < 1.29 is 0 Å². The fourth-order valence-corrected chi connectivity index (χ4v) is 2.79. The smallest absolute Gasteiger partial charge is 0.00686 e. The van der Waals surface area contributed by atoms with Crippen molar-refractivity contribution in [2.24, 2.45) is 5.92 Å². The van der Waals surface area contributed by atoms with Crippen LogP contribution in [-0.4, -0.2) is 5.33 Å². The summed E-state index contributed by atoms with van der Waals surface area (Å²) < 4.78 is 0. The molecule has 10 heavy (non-hydrogen) atoms. The first-order chi connectivity index (χ1) is 4.90. The second-order valence-electron chi connectivity index (χ2n) is 3.46. The standard InChI is InChI=1S/C9H13Br/c10-4-3-9-6-7-1-2-8(9)5-7/h7H,1-6H2. The Labute approximate surface area is 70.8 Å². The molecule has 1 heteroatoms. The zero-order valence-corrected chi connectivity index (χ0v) is 7.78. The molecule has 0 aliphatic heterocycles. The van der Waals surface area contributed by atoms with E-state index in [0.717, 1.165) is 5.92 Å². The highest BCUT2D eigenvalue weighted by molar-refractivity contribution is 9.09. The SMILES string of the molecule is BrCCC1=C2CCC(C1)C2. The van der Waals surface area contributed by atoms with Crippen LogP contribution in [0.4, 0.5) is 0 Å². The Balaban J connectivity index is 2.08. The summed E-state index contributed by atoms with van der Waals surface area (Å²) in [7, 11) is 0. The summed E-state index contributed by atoms with van der Waals surface area (Å²) in [6, 6.07) is 0. The second kappa shape index (κ2) is 2.69. The Morgan fingerprint density at radius 2 is 2.30 bits per heavy atom. The van der Waals surface area contributed by atoms with Crippen LogP contribution in [0.2, 0.25) is 0 Å². The van der Waals surface area contributed by atoms with Crippen LogP contribution in [0.25, 0.3) is 0 Å². The molecule has 0 amide bonds. The van der Waals surface area contributed by atoms with Crippen molar-refractivity contribution in [2.45, 2.75) is 32.1 Å². The first kappa shape index (κ1) is 6.90. The zero-order valence-electron chi connectivity index (χ0n) is 6.20. The molecule has 0 aromatic carbocycles. The number of allylic oxidation sites excluding steroid dienone is 2. The molecular formula is C9H13Br. The van der Waals surface area contributed by atoms with Gasteiger partial charge in [0.25, 0.3) is 0 Å². The third-order valence-corrected chi connectivity index (χ3v) is 3.22. The van der Waals surface area contributed by atoms with Gasteiger partial charge in [0.1, 0.15) is 0 Å². The molecule has 0 aromatic heterocycles. The number of halogens is 1. The number of hydrogen-bond acceptors (Lipinski definition) is 0. The molecule has 0 saturated heterocycles. The van der Waals surface area contributed by atoms with E-state index in [1.54, 1.807) is 5.57 Å². The molecule has 1 saturated carbocycles. The summed E-state index contributed by atoms with van der Waals surface area (Å²) in [4.78, 5) is 0. The third-order valence-electron chi connectivity index (χ3n) is 2.82. The van der Waals surface area contributed by atoms with Gasteiger partial charge in [0.05, 0.1) is 0 Å². The van der Waals surface area contributed by atoms with Crippen molar-refractivity contribution in [2.75, 3.05) is 5.33 Å². The molecule has 0 radical (unpaired) electrons. The van der Waals surface area contributed by atoms with E-state index in [0.29, 0.717) is 0 Å². The maximum atomic E-state index is 3.50. The number of rotatable bonds is 2. The summed E-state index contributed by atoms with van der Waals surface area (Å²) >= 11 is 3.50. The van der Waals surface area contributed by atoms with E-state index in [2.05, 4.69) is 15.9 Å². The maximum Gasteiger partial charge on any atom is 0.00686 e. The van der Waals surface area contributed by atoms with Gasteiger partial charge in [-0.2, -0.15) is 0 Å². The molecule has 1 fully saturated rings. The molecule has 2 rings (SSSR count). The van der Waals surface area contributed by atoms with Gasteiger partial charge in [-0.15, -0.1) is 0 Å². The van der Waals surface area contributed by atoms with Crippen molar-refractivity contribution in [3.63, 3.8) is 0 Å². The Hall–Kier alpha value is 0.220. The highest BCUT2D eigenvalue weighted by Gasteiger charge is 2.28. The average molecular weight is 201 g/mol. The quantitative estimate of drug-likeness (QED) is 0.475. The molecule has 0 heterocycles. The summed E-state index contributed by atoms with van der Waals surface area (Å²) in [5.74, 6) is 1.06. The highest BCUT2D eigenvalue weighted by atomic mass is 79.9. The average Bonchev–Trinajstić information content (AvgIpc) is 2.48. The van der Waals surface area contributed by atoms with E-state index in [1.807, 2.05) is 5.57 Å². The predicted molar refractivity (Wildman–Crippen MR) is 47.4 cm³/mol. The Kier molecular flexibility index (Phi) is 1.86. The van der Waals surface area contributed by atoms with E-state index in [4.69, 9.17) is 0 Å². The predicted octanol–water partition coefficient (Wildman–Crippen LogP) is 3.27. The number of fused-ring (bicyclic) bond motifs is 2. The van der Waals surface area contributed by atoms with Crippen LogP contribution in [-0.2, 0) is 0 Å². The van der Waals surface area contributed by atoms with Crippen LogP contribution in [0.15, 0.2) is 11.1 Å². The number of hydrogen-bond donors (Lipinski definition) is 0. The molecule has 0 nitrogen and oxygen atoms in total. The normalized spacial score (nSPS) is 30.3. The van der Waals surface area contributed by atoms with Crippen LogP contribution in [0.3, 0.4) is 0 Å². The van der Waals surface area contributed by atoms with Crippen molar-refractivity contribution >= 4 is 15.9 Å². The van der Waals surface area contributed by atoms with Crippen molar-refractivity contribution in [3.8, 4) is 0 Å². The Morgan fingerprint density at radius 1 is 1.40 bits per heavy atom. The zero-order chi connectivity index (χ0) is 6.97. The van der Waals surface area contributed by atoms with Gasteiger partial charge in [0.2, 0.25) is 0 Å². The van der Waals surface area contributed by atoms with Gasteiger partial charge in [-0.1, -0.05) is 27.1 Å². The summed E-state index contributed by atoms with van der Waals surface area (Å²) in [5.41, 5.74) is 3.59. The lowest BCUT2D eigenvalue weighted by molar-refractivity contribution is 0.557. The van der Waals surface area contributed by atoms with Crippen molar-refractivity contribution in [1.82, 2.24) is 0 Å². The van der Waals surface area contributed by atoms with E-state index >= 15 is 0 Å². The fraction of sp³-hybridized carbons (Fsp3) is 0.778. The van der Waals surface area contributed by atoms with Gasteiger partial charge >= 0.3 is 0 Å². The molecule has 0 spiro atoms. The van der Waals surface area contributed by atoms with Crippen LogP contribution < -0.4 is 0 Å². The minimum atomic E-state index is 1.06. The summed E-state index contributed by atoms with van der Waals surface area (Å²) in [6.45, 7) is 0. The lowest BCUT2D eigenvalue weighted by Gasteiger charge is -2.09. The molecule has 0 N–H and O–H groups in total. The minimum Gasteiger partial charge on any atom is -0.0925 e.